The summed E-state index contributed by atoms with van der Waals surface area (Å²) in [6.07, 6.45) is 4.03. The molecule has 1 aromatic rings. The van der Waals surface area contributed by atoms with Crippen molar-refractivity contribution in [2.75, 3.05) is 6.54 Å². The molecule has 0 aliphatic heterocycles. The molecule has 1 unspecified atom stereocenters. The predicted molar refractivity (Wildman–Crippen MR) is 83.9 cm³/mol. The van der Waals surface area contributed by atoms with E-state index in [-0.39, 0.29) is 11.9 Å². The lowest BCUT2D eigenvalue weighted by Crippen LogP contribution is -2.38. The molecule has 0 aromatic carbocycles. The second-order valence-corrected chi connectivity index (χ2v) is 7.13. The number of thiophene rings is 1. The Bertz CT molecular complexity index is 534. The van der Waals surface area contributed by atoms with Crippen LogP contribution >= 0.6 is 11.3 Å². The first-order chi connectivity index (χ1) is 9.93. The topological polar surface area (TPSA) is 57.6 Å². The van der Waals surface area contributed by atoms with Gasteiger partial charge in [0.05, 0.1) is 10.8 Å². The van der Waals surface area contributed by atoms with Gasteiger partial charge >= 0.3 is 5.97 Å². The molecule has 4 nitrogen and oxygen atoms in total. The van der Waals surface area contributed by atoms with Gasteiger partial charge in [0.25, 0.3) is 5.91 Å². The van der Waals surface area contributed by atoms with Gasteiger partial charge in [-0.15, -0.1) is 11.3 Å². The molecule has 1 fully saturated rings. The van der Waals surface area contributed by atoms with Crippen LogP contribution in [0.15, 0.2) is 6.07 Å². The number of aliphatic carboxylic acids is 1. The molecule has 0 saturated heterocycles. The minimum atomic E-state index is -0.845. The van der Waals surface area contributed by atoms with E-state index in [1.54, 1.807) is 11.8 Å². The van der Waals surface area contributed by atoms with E-state index in [1.807, 2.05) is 13.0 Å². The molecule has 5 heteroatoms. The number of carboxylic acids is 1. The van der Waals surface area contributed by atoms with Crippen LogP contribution in [0.2, 0.25) is 0 Å². The van der Waals surface area contributed by atoms with Crippen LogP contribution in [-0.4, -0.2) is 34.5 Å². The highest BCUT2D eigenvalue weighted by atomic mass is 32.1. The molecule has 2 rings (SSSR count). The highest BCUT2D eigenvalue weighted by Crippen LogP contribution is 2.31. The minimum Gasteiger partial charge on any atom is -0.481 e. The highest BCUT2D eigenvalue weighted by molar-refractivity contribution is 7.14. The molecule has 1 aromatic heterocycles. The average Bonchev–Trinajstić information content (AvgIpc) is 3.20. The maximum absolute atomic E-state index is 12.7. The Kier molecular flexibility index (Phi) is 5.04. The SMILES string of the molecule is CCCc1cc(C(=O)N(CC(C)C(=O)O)C2CC2)sc1C. The number of hydrogen-bond acceptors (Lipinski definition) is 3. The molecule has 1 aliphatic carbocycles. The molecule has 0 bridgehead atoms. The zero-order valence-corrected chi connectivity index (χ0v) is 13.7. The van der Waals surface area contributed by atoms with Gasteiger partial charge in [0.2, 0.25) is 0 Å². The maximum Gasteiger partial charge on any atom is 0.308 e. The van der Waals surface area contributed by atoms with Crippen molar-refractivity contribution >= 4 is 23.2 Å². The van der Waals surface area contributed by atoms with Crippen molar-refractivity contribution in [1.29, 1.82) is 0 Å². The summed E-state index contributed by atoms with van der Waals surface area (Å²) in [4.78, 5) is 27.5. The van der Waals surface area contributed by atoms with Crippen molar-refractivity contribution in [2.45, 2.75) is 52.5 Å². The third kappa shape index (κ3) is 3.84. The lowest BCUT2D eigenvalue weighted by atomic mass is 10.1. The maximum atomic E-state index is 12.7. The lowest BCUT2D eigenvalue weighted by Gasteiger charge is -2.23. The average molecular weight is 309 g/mol. The van der Waals surface area contributed by atoms with E-state index in [1.165, 1.54) is 21.8 Å². The van der Waals surface area contributed by atoms with Gasteiger partial charge in [-0.05, 0) is 37.8 Å². The summed E-state index contributed by atoms with van der Waals surface area (Å²) in [6.45, 7) is 6.14. The fourth-order valence-corrected chi connectivity index (χ4v) is 3.47. The van der Waals surface area contributed by atoms with Gasteiger partial charge in [0, 0.05) is 17.5 Å². The summed E-state index contributed by atoms with van der Waals surface area (Å²) >= 11 is 1.53. The van der Waals surface area contributed by atoms with Crippen LogP contribution in [-0.2, 0) is 11.2 Å². The van der Waals surface area contributed by atoms with Crippen LogP contribution in [0.5, 0.6) is 0 Å². The highest BCUT2D eigenvalue weighted by Gasteiger charge is 2.35. The number of carbonyl (C=O) groups is 2. The summed E-state index contributed by atoms with van der Waals surface area (Å²) in [5.41, 5.74) is 1.24. The van der Waals surface area contributed by atoms with Crippen LogP contribution < -0.4 is 0 Å². The van der Waals surface area contributed by atoms with Crippen molar-refractivity contribution in [3.63, 3.8) is 0 Å². The smallest absolute Gasteiger partial charge is 0.308 e. The first kappa shape index (κ1) is 16.0. The summed E-state index contributed by atoms with van der Waals surface area (Å²) < 4.78 is 0. The molecule has 1 aliphatic rings. The van der Waals surface area contributed by atoms with Crippen LogP contribution in [0.3, 0.4) is 0 Å². The summed E-state index contributed by atoms with van der Waals surface area (Å²) in [5.74, 6) is -1.37. The van der Waals surface area contributed by atoms with Crippen molar-refractivity contribution in [1.82, 2.24) is 4.90 Å². The molecule has 0 spiro atoms. The second kappa shape index (κ2) is 6.60. The van der Waals surface area contributed by atoms with Gasteiger partial charge in [-0.2, -0.15) is 0 Å². The largest absolute Gasteiger partial charge is 0.481 e. The number of hydrogen-bond donors (Lipinski definition) is 1. The minimum absolute atomic E-state index is 0.000975. The van der Waals surface area contributed by atoms with Crippen molar-refractivity contribution in [2.24, 2.45) is 5.92 Å². The van der Waals surface area contributed by atoms with E-state index < -0.39 is 11.9 Å². The summed E-state index contributed by atoms with van der Waals surface area (Å²) in [5, 5.41) is 9.07. The van der Waals surface area contributed by atoms with E-state index in [0.29, 0.717) is 6.54 Å². The Hall–Kier alpha value is -1.36. The Balaban J connectivity index is 2.14. The number of rotatable bonds is 7. The number of aryl methyl sites for hydroxylation is 2. The van der Waals surface area contributed by atoms with Gasteiger partial charge in [0.1, 0.15) is 0 Å². The number of nitrogens with zero attached hydrogens (tertiary/aromatic N) is 1. The van der Waals surface area contributed by atoms with E-state index in [9.17, 15) is 9.59 Å². The van der Waals surface area contributed by atoms with E-state index in [4.69, 9.17) is 5.11 Å². The van der Waals surface area contributed by atoms with Gasteiger partial charge in [0.15, 0.2) is 0 Å². The molecule has 1 saturated carbocycles. The number of carbonyl (C=O) groups excluding carboxylic acids is 1. The monoisotopic (exact) mass is 309 g/mol. The van der Waals surface area contributed by atoms with Crippen molar-refractivity contribution in [3.8, 4) is 0 Å². The molecule has 1 N–H and O–H groups in total. The van der Waals surface area contributed by atoms with Crippen LogP contribution in [0.1, 0.15) is 53.2 Å². The molecule has 1 heterocycles. The molecular weight excluding hydrogens is 286 g/mol. The molecule has 116 valence electrons. The molecule has 21 heavy (non-hydrogen) atoms. The van der Waals surface area contributed by atoms with Gasteiger partial charge < -0.3 is 10.0 Å². The molecular formula is C16H23NO3S. The van der Waals surface area contributed by atoms with Gasteiger partial charge in [-0.25, -0.2) is 0 Å². The second-order valence-electron chi connectivity index (χ2n) is 5.87. The van der Waals surface area contributed by atoms with Crippen LogP contribution in [0, 0.1) is 12.8 Å². The standard InChI is InChI=1S/C16H23NO3S/c1-4-5-12-8-14(21-11(12)3)15(18)17(13-6-7-13)9-10(2)16(19)20/h8,10,13H,4-7,9H2,1-3H3,(H,19,20). The van der Waals surface area contributed by atoms with Crippen LogP contribution in [0.4, 0.5) is 0 Å². The molecule has 0 radical (unpaired) electrons. The fraction of sp³-hybridized carbons (Fsp3) is 0.625. The quantitative estimate of drug-likeness (QED) is 0.840. The Morgan fingerprint density at radius 1 is 1.48 bits per heavy atom. The zero-order chi connectivity index (χ0) is 15.6. The van der Waals surface area contributed by atoms with E-state index in [2.05, 4.69) is 6.92 Å². The molecule has 1 atom stereocenters. The predicted octanol–water partition coefficient (Wildman–Crippen LogP) is 3.33. The Labute approximate surface area is 129 Å². The van der Waals surface area contributed by atoms with Gasteiger partial charge in [-0.3, -0.25) is 9.59 Å². The third-order valence-corrected chi connectivity index (χ3v) is 4.97. The summed E-state index contributed by atoms with van der Waals surface area (Å²) in [6, 6.07) is 2.23. The first-order valence-corrected chi connectivity index (χ1v) is 8.38. The van der Waals surface area contributed by atoms with Crippen molar-refractivity contribution < 1.29 is 14.7 Å². The Morgan fingerprint density at radius 2 is 2.14 bits per heavy atom. The lowest BCUT2D eigenvalue weighted by molar-refractivity contribution is -0.141. The van der Waals surface area contributed by atoms with E-state index in [0.717, 1.165) is 30.6 Å². The molecule has 1 amide bonds. The van der Waals surface area contributed by atoms with Gasteiger partial charge in [-0.1, -0.05) is 20.3 Å². The fourth-order valence-electron chi connectivity index (χ4n) is 2.44. The first-order valence-electron chi connectivity index (χ1n) is 7.57. The number of amides is 1. The number of carboxylic acid groups (broad SMARTS) is 1. The Morgan fingerprint density at radius 3 is 2.67 bits per heavy atom. The van der Waals surface area contributed by atoms with Crippen LogP contribution in [0.25, 0.3) is 0 Å². The normalized spacial score (nSPS) is 15.8. The zero-order valence-electron chi connectivity index (χ0n) is 12.9. The van der Waals surface area contributed by atoms with Crippen molar-refractivity contribution in [3.05, 3.63) is 21.4 Å². The summed E-state index contributed by atoms with van der Waals surface area (Å²) in [7, 11) is 0. The third-order valence-electron chi connectivity index (χ3n) is 3.89. The van der Waals surface area contributed by atoms with E-state index >= 15 is 0 Å².